The molecule has 0 aliphatic rings. The van der Waals surface area contributed by atoms with E-state index in [1.54, 1.807) is 30.1 Å². The molecule has 0 saturated heterocycles. The Labute approximate surface area is 118 Å². The second-order valence-electron chi connectivity index (χ2n) is 4.81. The number of nitrogens with zero attached hydrogens (tertiary/aromatic N) is 2. The monoisotopic (exact) mass is 270 g/mol. The summed E-state index contributed by atoms with van der Waals surface area (Å²) in [7, 11) is 1.79. The number of aromatic nitrogens is 2. The van der Waals surface area contributed by atoms with Gasteiger partial charge in [0, 0.05) is 13.2 Å². The Bertz CT molecular complexity index is 610. The zero-order valence-corrected chi connectivity index (χ0v) is 11.9. The topological polar surface area (TPSA) is 44.1 Å². The first-order valence-electron chi connectivity index (χ1n) is 6.53. The number of benzene rings is 1. The lowest BCUT2D eigenvalue weighted by atomic mass is 10.1. The average molecular weight is 270 g/mol. The van der Waals surface area contributed by atoms with E-state index in [-0.39, 0.29) is 11.9 Å². The van der Waals surface area contributed by atoms with Crippen LogP contribution in [0.3, 0.4) is 0 Å². The highest BCUT2D eigenvalue weighted by Gasteiger charge is 2.04. The van der Waals surface area contributed by atoms with Crippen molar-refractivity contribution in [3.8, 4) is 5.75 Å². The predicted octanol–water partition coefficient (Wildman–Crippen LogP) is 3.10. The molecular formula is C16H18N2O2. The van der Waals surface area contributed by atoms with E-state index in [1.165, 1.54) is 6.08 Å². The van der Waals surface area contributed by atoms with E-state index in [1.807, 2.05) is 38.1 Å². The molecule has 0 spiro atoms. The number of ketones is 1. The molecule has 1 aromatic carbocycles. The lowest BCUT2D eigenvalue weighted by Crippen LogP contribution is -2.05. The number of carbonyl (C=O) groups excluding carboxylic acids is 1. The molecule has 4 nitrogen and oxygen atoms in total. The molecule has 0 N–H and O–H groups in total. The van der Waals surface area contributed by atoms with Gasteiger partial charge in [-0.15, -0.1) is 0 Å². The maximum Gasteiger partial charge on any atom is 0.206 e. The molecule has 0 aliphatic heterocycles. The molecule has 0 aliphatic carbocycles. The van der Waals surface area contributed by atoms with Gasteiger partial charge in [0.1, 0.15) is 11.4 Å². The lowest BCUT2D eigenvalue weighted by Gasteiger charge is -2.09. The van der Waals surface area contributed by atoms with Gasteiger partial charge < -0.3 is 4.74 Å². The molecule has 1 heterocycles. The van der Waals surface area contributed by atoms with Crippen molar-refractivity contribution >= 4 is 11.9 Å². The fourth-order valence-electron chi connectivity index (χ4n) is 1.73. The highest BCUT2D eigenvalue weighted by atomic mass is 16.5. The summed E-state index contributed by atoms with van der Waals surface area (Å²) in [5.74, 6) is 0.723. The van der Waals surface area contributed by atoms with Gasteiger partial charge in [0.15, 0.2) is 0 Å². The summed E-state index contributed by atoms with van der Waals surface area (Å²) >= 11 is 0. The van der Waals surface area contributed by atoms with Gasteiger partial charge in [-0.25, -0.2) is 0 Å². The second kappa shape index (κ2) is 6.19. The van der Waals surface area contributed by atoms with Crippen molar-refractivity contribution in [2.24, 2.45) is 7.05 Å². The molecular weight excluding hydrogens is 252 g/mol. The van der Waals surface area contributed by atoms with Gasteiger partial charge in [-0.1, -0.05) is 18.2 Å². The SMILES string of the molecule is CC(C)Oc1ccc(/C=C/C(=O)c2ccn(C)n2)cc1. The Kier molecular flexibility index (Phi) is 4.35. The number of allylic oxidation sites excluding steroid dienone is 1. The van der Waals surface area contributed by atoms with E-state index >= 15 is 0 Å². The van der Waals surface area contributed by atoms with Crippen molar-refractivity contribution in [3.63, 3.8) is 0 Å². The number of rotatable bonds is 5. The van der Waals surface area contributed by atoms with Crippen LogP contribution in [0.5, 0.6) is 5.75 Å². The summed E-state index contributed by atoms with van der Waals surface area (Å²) < 4.78 is 7.17. The van der Waals surface area contributed by atoms with Crippen molar-refractivity contribution in [2.45, 2.75) is 20.0 Å². The van der Waals surface area contributed by atoms with Gasteiger partial charge in [0.25, 0.3) is 0 Å². The van der Waals surface area contributed by atoms with Crippen molar-refractivity contribution in [2.75, 3.05) is 0 Å². The van der Waals surface area contributed by atoms with E-state index < -0.39 is 0 Å². The van der Waals surface area contributed by atoms with E-state index in [9.17, 15) is 4.79 Å². The molecule has 0 unspecified atom stereocenters. The van der Waals surface area contributed by atoms with Gasteiger partial charge in [-0.05, 0) is 43.7 Å². The van der Waals surface area contributed by atoms with Crippen LogP contribution in [0.4, 0.5) is 0 Å². The predicted molar refractivity (Wildman–Crippen MR) is 78.8 cm³/mol. The summed E-state index contributed by atoms with van der Waals surface area (Å²) in [6, 6.07) is 9.32. The van der Waals surface area contributed by atoms with Crippen LogP contribution in [-0.4, -0.2) is 21.7 Å². The summed E-state index contributed by atoms with van der Waals surface area (Å²) in [5.41, 5.74) is 1.40. The minimum atomic E-state index is -0.104. The Morgan fingerprint density at radius 1 is 1.25 bits per heavy atom. The van der Waals surface area contributed by atoms with Crippen LogP contribution in [0.15, 0.2) is 42.6 Å². The van der Waals surface area contributed by atoms with E-state index in [2.05, 4.69) is 5.10 Å². The fraction of sp³-hybridized carbons (Fsp3) is 0.250. The molecule has 0 bridgehead atoms. The molecule has 1 aromatic heterocycles. The molecule has 0 saturated carbocycles. The third-order valence-electron chi connectivity index (χ3n) is 2.65. The van der Waals surface area contributed by atoms with Crippen LogP contribution >= 0.6 is 0 Å². The van der Waals surface area contributed by atoms with Crippen LogP contribution in [0, 0.1) is 0 Å². The van der Waals surface area contributed by atoms with Crippen LogP contribution in [-0.2, 0) is 7.05 Å². The van der Waals surface area contributed by atoms with Crippen LogP contribution < -0.4 is 4.74 Å². The number of aryl methyl sites for hydroxylation is 1. The highest BCUT2D eigenvalue weighted by molar-refractivity contribution is 6.05. The minimum absolute atomic E-state index is 0.104. The largest absolute Gasteiger partial charge is 0.491 e. The second-order valence-corrected chi connectivity index (χ2v) is 4.81. The minimum Gasteiger partial charge on any atom is -0.491 e. The van der Waals surface area contributed by atoms with Gasteiger partial charge in [-0.2, -0.15) is 5.10 Å². The summed E-state index contributed by atoms with van der Waals surface area (Å²) in [5, 5.41) is 4.07. The quantitative estimate of drug-likeness (QED) is 0.619. The zero-order valence-electron chi connectivity index (χ0n) is 11.9. The van der Waals surface area contributed by atoms with Gasteiger partial charge >= 0.3 is 0 Å². The summed E-state index contributed by atoms with van der Waals surface area (Å²) in [4.78, 5) is 11.9. The summed E-state index contributed by atoms with van der Waals surface area (Å²) in [6.07, 6.45) is 5.21. The Morgan fingerprint density at radius 2 is 1.95 bits per heavy atom. The lowest BCUT2D eigenvalue weighted by molar-refractivity contribution is 0.104. The standard InChI is InChI=1S/C16H18N2O2/c1-12(2)20-14-7-4-13(5-8-14)6-9-16(19)15-10-11-18(3)17-15/h4-12H,1-3H3/b9-6+. The van der Waals surface area contributed by atoms with Gasteiger partial charge in [-0.3, -0.25) is 9.48 Å². The number of ether oxygens (including phenoxy) is 1. The number of hydrogen-bond donors (Lipinski definition) is 0. The number of carbonyl (C=O) groups is 1. The average Bonchev–Trinajstić information content (AvgIpc) is 2.84. The molecule has 104 valence electrons. The van der Waals surface area contributed by atoms with Crippen molar-refractivity contribution in [1.82, 2.24) is 9.78 Å². The summed E-state index contributed by atoms with van der Waals surface area (Å²) in [6.45, 7) is 3.97. The first kappa shape index (κ1) is 14.1. The van der Waals surface area contributed by atoms with Gasteiger partial charge in [0.2, 0.25) is 5.78 Å². The maximum atomic E-state index is 11.9. The fourth-order valence-corrected chi connectivity index (χ4v) is 1.73. The molecule has 4 heteroatoms. The first-order chi connectivity index (χ1) is 9.54. The van der Waals surface area contributed by atoms with E-state index in [0.29, 0.717) is 5.69 Å². The first-order valence-corrected chi connectivity index (χ1v) is 6.53. The van der Waals surface area contributed by atoms with Crippen LogP contribution in [0.2, 0.25) is 0 Å². The Morgan fingerprint density at radius 3 is 2.50 bits per heavy atom. The molecule has 2 aromatic rings. The van der Waals surface area contributed by atoms with Crippen LogP contribution in [0.1, 0.15) is 29.9 Å². The van der Waals surface area contributed by atoms with Crippen molar-refractivity contribution in [3.05, 3.63) is 53.9 Å². The van der Waals surface area contributed by atoms with Gasteiger partial charge in [0.05, 0.1) is 6.10 Å². The Hall–Kier alpha value is -2.36. The molecule has 0 fully saturated rings. The highest BCUT2D eigenvalue weighted by Crippen LogP contribution is 2.14. The molecule has 0 radical (unpaired) electrons. The molecule has 0 atom stereocenters. The van der Waals surface area contributed by atoms with Crippen molar-refractivity contribution in [1.29, 1.82) is 0 Å². The molecule has 20 heavy (non-hydrogen) atoms. The third kappa shape index (κ3) is 3.82. The Balaban J connectivity index is 2.02. The van der Waals surface area contributed by atoms with Crippen LogP contribution in [0.25, 0.3) is 6.08 Å². The zero-order chi connectivity index (χ0) is 14.5. The van der Waals surface area contributed by atoms with E-state index in [0.717, 1.165) is 11.3 Å². The number of hydrogen-bond acceptors (Lipinski definition) is 3. The third-order valence-corrected chi connectivity index (χ3v) is 2.65. The molecule has 0 amide bonds. The normalized spacial score (nSPS) is 11.2. The maximum absolute atomic E-state index is 11.9. The van der Waals surface area contributed by atoms with E-state index in [4.69, 9.17) is 4.74 Å². The smallest absolute Gasteiger partial charge is 0.206 e. The molecule has 2 rings (SSSR count). The van der Waals surface area contributed by atoms with Crippen molar-refractivity contribution < 1.29 is 9.53 Å².